The van der Waals surface area contributed by atoms with Crippen LogP contribution in [0.2, 0.25) is 0 Å². The van der Waals surface area contributed by atoms with Crippen LogP contribution in [0.25, 0.3) is 0 Å². The Balaban J connectivity index is 1.56. The molecule has 2 N–H and O–H groups in total. The molecule has 0 fully saturated rings. The Kier molecular flexibility index (Phi) is 4.70. The molecule has 2 aromatic rings. The Labute approximate surface area is 145 Å². The van der Waals surface area contributed by atoms with Gasteiger partial charge in [0, 0.05) is 17.8 Å². The molecule has 0 aromatic heterocycles. The van der Waals surface area contributed by atoms with Crippen LogP contribution in [0.3, 0.4) is 0 Å². The maximum absolute atomic E-state index is 12.2. The molecule has 0 bridgehead atoms. The normalized spacial score (nSPS) is 12.6. The van der Waals surface area contributed by atoms with Crippen molar-refractivity contribution in [3.63, 3.8) is 0 Å². The molecular weight excluding hydrogens is 353 g/mol. The highest BCUT2D eigenvalue weighted by Crippen LogP contribution is 2.32. The average Bonchev–Trinajstić information content (AvgIpc) is 3.07. The van der Waals surface area contributed by atoms with E-state index >= 15 is 0 Å². The molecule has 2 aromatic carbocycles. The van der Waals surface area contributed by atoms with E-state index in [0.29, 0.717) is 22.6 Å². The molecule has 136 valence electrons. The number of nitrogens with one attached hydrogen (secondary N) is 2. The second-order valence-corrected chi connectivity index (χ2v) is 5.40. The van der Waals surface area contributed by atoms with Gasteiger partial charge in [-0.1, -0.05) is 12.1 Å². The monoisotopic (exact) mass is 366 g/mol. The molecule has 1 heterocycles. The van der Waals surface area contributed by atoms with E-state index < -0.39 is 12.1 Å². The molecule has 26 heavy (non-hydrogen) atoms. The van der Waals surface area contributed by atoms with Crippen molar-refractivity contribution in [2.24, 2.45) is 0 Å². The van der Waals surface area contributed by atoms with Gasteiger partial charge >= 0.3 is 12.1 Å². The fourth-order valence-electron chi connectivity index (χ4n) is 2.23. The number of hydrogen-bond donors (Lipinski definition) is 2. The summed E-state index contributed by atoms with van der Waals surface area (Å²) in [7, 11) is 0. The van der Waals surface area contributed by atoms with E-state index in [1.807, 2.05) is 0 Å². The topological polar surface area (TPSA) is 76.7 Å². The lowest BCUT2D eigenvalue weighted by molar-refractivity contribution is -0.167. The number of hydrogen-bond acceptors (Lipinski definition) is 4. The quantitative estimate of drug-likeness (QED) is 0.873. The summed E-state index contributed by atoms with van der Waals surface area (Å²) in [6.07, 6.45) is -4.95. The molecule has 0 unspecified atom stereocenters. The van der Waals surface area contributed by atoms with Gasteiger partial charge in [0.1, 0.15) is 0 Å². The first-order valence-electron chi connectivity index (χ1n) is 7.48. The summed E-state index contributed by atoms with van der Waals surface area (Å²) in [5.41, 5.74) is 1.06. The van der Waals surface area contributed by atoms with E-state index in [1.54, 1.807) is 23.5 Å². The maximum Gasteiger partial charge on any atom is 0.471 e. The van der Waals surface area contributed by atoms with Crippen LogP contribution in [-0.2, 0) is 11.3 Å². The zero-order valence-electron chi connectivity index (χ0n) is 13.2. The van der Waals surface area contributed by atoms with Crippen LogP contribution in [0.15, 0.2) is 42.5 Å². The van der Waals surface area contributed by atoms with Gasteiger partial charge in [-0.2, -0.15) is 13.2 Å². The third-order valence-electron chi connectivity index (χ3n) is 3.56. The van der Waals surface area contributed by atoms with Crippen LogP contribution in [0, 0.1) is 0 Å². The van der Waals surface area contributed by atoms with Gasteiger partial charge in [-0.25, -0.2) is 0 Å². The smallest absolute Gasteiger partial charge is 0.454 e. The van der Waals surface area contributed by atoms with Gasteiger partial charge in [0.2, 0.25) is 6.79 Å². The number of rotatable bonds is 4. The molecule has 0 saturated carbocycles. The van der Waals surface area contributed by atoms with Gasteiger partial charge in [-0.15, -0.1) is 0 Å². The summed E-state index contributed by atoms with van der Waals surface area (Å²) in [6, 6.07) is 10.5. The Morgan fingerprint density at radius 3 is 2.38 bits per heavy atom. The van der Waals surface area contributed by atoms with E-state index in [4.69, 9.17) is 9.47 Å². The molecule has 1 aliphatic heterocycles. The Morgan fingerprint density at radius 2 is 1.69 bits per heavy atom. The number of carbonyl (C=O) groups excluding carboxylic acids is 2. The fraction of sp³-hybridized carbons (Fsp3) is 0.176. The Bertz CT molecular complexity index is 835. The first kappa shape index (κ1) is 17.6. The molecule has 0 saturated heterocycles. The Hall–Kier alpha value is -3.23. The van der Waals surface area contributed by atoms with E-state index in [0.717, 1.165) is 0 Å². The lowest BCUT2D eigenvalue weighted by atomic mass is 10.1. The summed E-state index contributed by atoms with van der Waals surface area (Å²) in [4.78, 5) is 23.0. The number of anilines is 1. The molecule has 6 nitrogen and oxygen atoms in total. The zero-order chi connectivity index (χ0) is 18.7. The zero-order valence-corrected chi connectivity index (χ0v) is 13.2. The van der Waals surface area contributed by atoms with Crippen LogP contribution >= 0.6 is 0 Å². The van der Waals surface area contributed by atoms with Gasteiger partial charge in [0.05, 0.1) is 0 Å². The van der Waals surface area contributed by atoms with Gasteiger partial charge in [-0.3, -0.25) is 9.59 Å². The van der Waals surface area contributed by atoms with E-state index in [-0.39, 0.29) is 24.9 Å². The minimum absolute atomic E-state index is 0.0122. The molecule has 0 atom stereocenters. The van der Waals surface area contributed by atoms with Gasteiger partial charge < -0.3 is 20.1 Å². The van der Waals surface area contributed by atoms with Crippen molar-refractivity contribution in [3.05, 3.63) is 53.6 Å². The number of halogens is 3. The number of ether oxygens (including phenoxy) is 2. The SMILES string of the molecule is O=C(NCc1ccc(NC(=O)C(F)(F)F)cc1)c1ccc2c(c1)OCO2. The fourth-order valence-corrected chi connectivity index (χ4v) is 2.23. The minimum Gasteiger partial charge on any atom is -0.454 e. The molecule has 3 rings (SSSR count). The predicted molar refractivity (Wildman–Crippen MR) is 84.9 cm³/mol. The highest BCUT2D eigenvalue weighted by atomic mass is 19.4. The third-order valence-corrected chi connectivity index (χ3v) is 3.56. The first-order chi connectivity index (χ1) is 12.3. The molecule has 0 spiro atoms. The lowest BCUT2D eigenvalue weighted by Crippen LogP contribution is -2.29. The van der Waals surface area contributed by atoms with Crippen molar-refractivity contribution in [2.75, 3.05) is 12.1 Å². The van der Waals surface area contributed by atoms with Gasteiger partial charge in [-0.05, 0) is 35.9 Å². The summed E-state index contributed by atoms with van der Waals surface area (Å²) in [6.45, 7) is 0.276. The van der Waals surface area contributed by atoms with Crippen LogP contribution in [0.5, 0.6) is 11.5 Å². The van der Waals surface area contributed by atoms with Crippen molar-refractivity contribution >= 4 is 17.5 Å². The molecular formula is C17H13F3N2O4. The van der Waals surface area contributed by atoms with Crippen molar-refractivity contribution in [2.45, 2.75) is 12.7 Å². The molecule has 0 radical (unpaired) electrons. The van der Waals surface area contributed by atoms with Crippen molar-refractivity contribution in [3.8, 4) is 11.5 Å². The van der Waals surface area contributed by atoms with E-state index in [9.17, 15) is 22.8 Å². The molecule has 0 aliphatic carbocycles. The summed E-state index contributed by atoms with van der Waals surface area (Å²) >= 11 is 0. The van der Waals surface area contributed by atoms with Crippen LogP contribution in [0.4, 0.5) is 18.9 Å². The minimum atomic E-state index is -4.95. The lowest BCUT2D eigenvalue weighted by Gasteiger charge is -2.09. The largest absolute Gasteiger partial charge is 0.471 e. The van der Waals surface area contributed by atoms with E-state index in [2.05, 4.69) is 5.32 Å². The summed E-state index contributed by atoms with van der Waals surface area (Å²) < 4.78 is 46.9. The Morgan fingerprint density at radius 1 is 1.00 bits per heavy atom. The first-order valence-corrected chi connectivity index (χ1v) is 7.48. The molecule has 1 aliphatic rings. The summed E-state index contributed by atoms with van der Waals surface area (Å²) in [5.74, 6) is -1.32. The molecule has 2 amide bonds. The van der Waals surface area contributed by atoms with Crippen LogP contribution < -0.4 is 20.1 Å². The van der Waals surface area contributed by atoms with Crippen LogP contribution in [0.1, 0.15) is 15.9 Å². The van der Waals surface area contributed by atoms with Crippen molar-refractivity contribution in [1.29, 1.82) is 0 Å². The second kappa shape index (κ2) is 6.95. The number of alkyl halides is 3. The maximum atomic E-state index is 12.2. The number of amides is 2. The number of benzene rings is 2. The standard InChI is InChI=1S/C17H13F3N2O4/c18-17(19,20)16(24)22-12-4-1-10(2-5-12)8-21-15(23)11-3-6-13-14(7-11)26-9-25-13/h1-7H,8-9H2,(H,21,23)(H,22,24). The number of fused-ring (bicyclic) bond motifs is 1. The van der Waals surface area contributed by atoms with Gasteiger partial charge in [0.25, 0.3) is 5.91 Å². The van der Waals surface area contributed by atoms with E-state index in [1.165, 1.54) is 24.3 Å². The highest BCUT2D eigenvalue weighted by Gasteiger charge is 2.38. The van der Waals surface area contributed by atoms with Crippen molar-refractivity contribution in [1.82, 2.24) is 5.32 Å². The predicted octanol–water partition coefficient (Wildman–Crippen LogP) is 2.85. The molecule has 9 heteroatoms. The third kappa shape index (κ3) is 4.05. The second-order valence-electron chi connectivity index (χ2n) is 5.40. The summed E-state index contributed by atoms with van der Waals surface area (Å²) in [5, 5.41) is 4.43. The average molecular weight is 366 g/mol. The van der Waals surface area contributed by atoms with Crippen molar-refractivity contribution < 1.29 is 32.2 Å². The van der Waals surface area contributed by atoms with Gasteiger partial charge in [0.15, 0.2) is 11.5 Å². The van der Waals surface area contributed by atoms with Crippen LogP contribution in [-0.4, -0.2) is 24.8 Å². The highest BCUT2D eigenvalue weighted by molar-refractivity contribution is 5.95. The number of carbonyl (C=O) groups is 2.